The minimum Gasteiger partial charge on any atom is -0.462 e. The van der Waals surface area contributed by atoms with Gasteiger partial charge in [-0.3, -0.25) is 0 Å². The van der Waals surface area contributed by atoms with E-state index in [2.05, 4.69) is 6.92 Å². The van der Waals surface area contributed by atoms with E-state index in [0.717, 1.165) is 25.3 Å². The highest BCUT2D eigenvalue weighted by Crippen LogP contribution is 2.18. The number of esters is 2. The van der Waals surface area contributed by atoms with E-state index < -0.39 is 17.8 Å². The predicted molar refractivity (Wildman–Crippen MR) is 129 cm³/mol. The fourth-order valence-electron chi connectivity index (χ4n) is 3.72. The van der Waals surface area contributed by atoms with Gasteiger partial charge in [0.05, 0.1) is 17.7 Å². The van der Waals surface area contributed by atoms with Gasteiger partial charge in [-0.05, 0) is 30.7 Å². The first-order chi connectivity index (χ1) is 16.1. The van der Waals surface area contributed by atoms with Gasteiger partial charge >= 0.3 is 11.9 Å². The Morgan fingerprint density at radius 2 is 1.24 bits per heavy atom. The van der Waals surface area contributed by atoms with Gasteiger partial charge in [0.15, 0.2) is 0 Å². The maximum Gasteiger partial charge on any atom is 0.344 e. The van der Waals surface area contributed by atoms with Crippen molar-refractivity contribution >= 4 is 11.9 Å². The predicted octanol–water partition coefficient (Wildman–Crippen LogP) is 7.90. The fraction of sp³-hybridized carbons (Fsp3) is 0.500. The minimum atomic E-state index is -0.724. The lowest BCUT2D eigenvalue weighted by Gasteiger charge is -2.10. The van der Waals surface area contributed by atoms with Crippen LogP contribution in [0.25, 0.3) is 0 Å². The van der Waals surface area contributed by atoms with Crippen LogP contribution in [0.15, 0.2) is 48.5 Å². The van der Waals surface area contributed by atoms with Crippen molar-refractivity contribution in [2.24, 2.45) is 0 Å². The van der Waals surface area contributed by atoms with E-state index >= 15 is 0 Å². The van der Waals surface area contributed by atoms with E-state index in [1.54, 1.807) is 12.1 Å². The summed E-state index contributed by atoms with van der Waals surface area (Å²) in [5.41, 5.74) is 0.249. The molecule has 0 aromatic heterocycles. The van der Waals surface area contributed by atoms with Gasteiger partial charge in [0.2, 0.25) is 0 Å². The summed E-state index contributed by atoms with van der Waals surface area (Å²) in [6, 6.07) is 11.7. The maximum atomic E-state index is 13.3. The molecule has 0 bridgehead atoms. The molecule has 0 saturated carbocycles. The highest BCUT2D eigenvalue weighted by Gasteiger charge is 2.19. The highest BCUT2D eigenvalue weighted by atomic mass is 19.1. The number of unbranched alkanes of at least 4 members (excludes halogenated alkanes) is 11. The van der Waals surface area contributed by atoms with Crippen LogP contribution in [-0.2, 0) is 4.74 Å². The summed E-state index contributed by atoms with van der Waals surface area (Å²) < 4.78 is 23.9. The lowest BCUT2D eigenvalue weighted by Crippen LogP contribution is -2.16. The zero-order chi connectivity index (χ0) is 23.7. The summed E-state index contributed by atoms with van der Waals surface area (Å²) in [4.78, 5) is 25.0. The first kappa shape index (κ1) is 26.6. The number of hydrogen-bond acceptors (Lipinski definition) is 4. The number of benzene rings is 2. The monoisotopic (exact) mass is 456 g/mol. The number of carbonyl (C=O) groups excluding carboxylic acids is 2. The van der Waals surface area contributed by atoms with Crippen LogP contribution in [0.2, 0.25) is 0 Å². The summed E-state index contributed by atoms with van der Waals surface area (Å²) in [5.74, 6) is -1.70. The smallest absolute Gasteiger partial charge is 0.344 e. The van der Waals surface area contributed by atoms with Gasteiger partial charge in [0, 0.05) is 6.07 Å². The molecule has 33 heavy (non-hydrogen) atoms. The normalized spacial score (nSPS) is 10.7. The van der Waals surface area contributed by atoms with Crippen LogP contribution >= 0.6 is 0 Å². The van der Waals surface area contributed by atoms with Gasteiger partial charge in [0.25, 0.3) is 0 Å². The molecule has 0 heterocycles. The lowest BCUT2D eigenvalue weighted by atomic mass is 10.1. The van der Waals surface area contributed by atoms with Crippen molar-refractivity contribution in [2.75, 3.05) is 6.61 Å². The largest absolute Gasteiger partial charge is 0.462 e. The van der Waals surface area contributed by atoms with Gasteiger partial charge in [-0.25, -0.2) is 14.0 Å². The SMILES string of the molecule is CCCCCCCCCCCCCCOC(=O)c1ccccc1C(=O)Oc1cccc(F)c1. The summed E-state index contributed by atoms with van der Waals surface area (Å²) in [6.45, 7) is 2.57. The topological polar surface area (TPSA) is 52.6 Å². The molecule has 0 amide bonds. The Morgan fingerprint density at radius 3 is 1.82 bits per heavy atom. The average molecular weight is 457 g/mol. The molecule has 0 fully saturated rings. The molecule has 0 N–H and O–H groups in total. The number of rotatable bonds is 16. The molecule has 0 aliphatic rings. The van der Waals surface area contributed by atoms with Crippen molar-refractivity contribution in [3.8, 4) is 5.75 Å². The zero-order valence-corrected chi connectivity index (χ0v) is 19.8. The summed E-state index contributed by atoms with van der Waals surface area (Å²) in [5, 5.41) is 0. The Labute approximate surface area is 197 Å². The Morgan fingerprint density at radius 1 is 0.697 bits per heavy atom. The number of halogens is 1. The molecule has 4 nitrogen and oxygen atoms in total. The molecular formula is C28H37FO4. The van der Waals surface area contributed by atoms with Crippen LogP contribution in [0.4, 0.5) is 4.39 Å². The van der Waals surface area contributed by atoms with Crippen LogP contribution in [-0.4, -0.2) is 18.5 Å². The molecule has 0 saturated heterocycles. The molecule has 180 valence electrons. The number of hydrogen-bond donors (Lipinski definition) is 0. The van der Waals surface area contributed by atoms with Gasteiger partial charge in [0.1, 0.15) is 11.6 Å². The maximum absolute atomic E-state index is 13.3. The van der Waals surface area contributed by atoms with E-state index in [-0.39, 0.29) is 16.9 Å². The van der Waals surface area contributed by atoms with Crippen LogP contribution in [0.5, 0.6) is 5.75 Å². The summed E-state index contributed by atoms with van der Waals surface area (Å²) in [6.07, 6.45) is 14.8. The second-order valence-corrected chi connectivity index (χ2v) is 8.42. The van der Waals surface area contributed by atoms with E-state index in [0.29, 0.717) is 6.61 Å². The third-order valence-electron chi connectivity index (χ3n) is 5.60. The summed E-state index contributed by atoms with van der Waals surface area (Å²) in [7, 11) is 0. The van der Waals surface area contributed by atoms with Gasteiger partial charge in [-0.15, -0.1) is 0 Å². The standard InChI is InChI=1S/C28H37FO4/c1-2-3-4-5-6-7-8-9-10-11-12-15-21-32-27(30)25-19-13-14-20-26(25)28(31)33-24-18-16-17-23(29)22-24/h13-14,16-20,22H,2-12,15,21H2,1H3. The number of ether oxygens (including phenoxy) is 2. The molecule has 0 radical (unpaired) electrons. The van der Waals surface area contributed by atoms with Gasteiger partial charge in [-0.1, -0.05) is 95.8 Å². The highest BCUT2D eigenvalue weighted by molar-refractivity contribution is 6.03. The Hall–Kier alpha value is -2.69. The van der Waals surface area contributed by atoms with E-state index in [9.17, 15) is 14.0 Å². The first-order valence-corrected chi connectivity index (χ1v) is 12.4. The van der Waals surface area contributed by atoms with Crippen molar-refractivity contribution in [3.05, 3.63) is 65.5 Å². The van der Waals surface area contributed by atoms with Crippen molar-refractivity contribution < 1.29 is 23.5 Å². The molecule has 0 atom stereocenters. The summed E-state index contributed by atoms with van der Waals surface area (Å²) >= 11 is 0. The molecule has 0 unspecified atom stereocenters. The molecule has 0 spiro atoms. The average Bonchev–Trinajstić information content (AvgIpc) is 2.82. The van der Waals surface area contributed by atoms with Crippen LogP contribution in [0, 0.1) is 5.82 Å². The van der Waals surface area contributed by atoms with Crippen molar-refractivity contribution in [1.29, 1.82) is 0 Å². The Bertz CT molecular complexity index is 849. The van der Waals surface area contributed by atoms with Crippen LogP contribution < -0.4 is 4.74 Å². The molecule has 2 rings (SSSR count). The fourth-order valence-corrected chi connectivity index (χ4v) is 3.72. The minimum absolute atomic E-state index is 0.0830. The third-order valence-corrected chi connectivity index (χ3v) is 5.60. The van der Waals surface area contributed by atoms with Gasteiger partial charge < -0.3 is 9.47 Å². The van der Waals surface area contributed by atoms with Gasteiger partial charge in [-0.2, -0.15) is 0 Å². The molecule has 2 aromatic carbocycles. The first-order valence-electron chi connectivity index (χ1n) is 12.4. The van der Waals surface area contributed by atoms with E-state index in [4.69, 9.17) is 9.47 Å². The second kappa shape index (κ2) is 16.0. The second-order valence-electron chi connectivity index (χ2n) is 8.42. The molecular weight excluding hydrogens is 419 g/mol. The molecule has 2 aromatic rings. The molecule has 0 aliphatic carbocycles. The van der Waals surface area contributed by atoms with E-state index in [1.807, 2.05) is 0 Å². The molecule has 5 heteroatoms. The van der Waals surface area contributed by atoms with E-state index in [1.165, 1.54) is 88.1 Å². The van der Waals surface area contributed by atoms with Crippen molar-refractivity contribution in [3.63, 3.8) is 0 Å². The molecule has 0 aliphatic heterocycles. The van der Waals surface area contributed by atoms with Crippen LogP contribution in [0.1, 0.15) is 105 Å². The Balaban J connectivity index is 1.64. The number of carbonyl (C=O) groups is 2. The zero-order valence-electron chi connectivity index (χ0n) is 19.8. The lowest BCUT2D eigenvalue weighted by molar-refractivity contribution is 0.0489. The van der Waals surface area contributed by atoms with Crippen molar-refractivity contribution in [1.82, 2.24) is 0 Å². The third kappa shape index (κ3) is 10.6. The Kier molecular flexibility index (Phi) is 12.9. The quantitative estimate of drug-likeness (QED) is 0.146. The van der Waals surface area contributed by atoms with Crippen LogP contribution in [0.3, 0.4) is 0 Å². The van der Waals surface area contributed by atoms with Crippen molar-refractivity contribution in [2.45, 2.75) is 84.0 Å².